The summed E-state index contributed by atoms with van der Waals surface area (Å²) in [6.45, 7) is 8.77. The van der Waals surface area contributed by atoms with E-state index in [-0.39, 0.29) is 0 Å². The van der Waals surface area contributed by atoms with Gasteiger partial charge in [-0.05, 0) is 49.9 Å². The van der Waals surface area contributed by atoms with E-state index in [4.69, 9.17) is 9.97 Å². The minimum absolute atomic E-state index is 0.860. The van der Waals surface area contributed by atoms with Crippen molar-refractivity contribution in [1.29, 1.82) is 0 Å². The van der Waals surface area contributed by atoms with Crippen LogP contribution in [0.3, 0.4) is 0 Å². The number of aromatic nitrogens is 2. The first-order valence-corrected chi connectivity index (χ1v) is 12.4. The largest absolute Gasteiger partial charge is 0.301 e. The number of nitrogens with zero attached hydrogens (tertiary/aromatic N) is 4. The molecule has 2 aliphatic rings. The lowest BCUT2D eigenvalue weighted by atomic mass is 9.97. The van der Waals surface area contributed by atoms with E-state index in [1.54, 1.807) is 16.6 Å². The van der Waals surface area contributed by atoms with Crippen molar-refractivity contribution in [2.45, 2.75) is 49.1 Å². The van der Waals surface area contributed by atoms with Gasteiger partial charge in [0.15, 0.2) is 0 Å². The summed E-state index contributed by atoms with van der Waals surface area (Å²) in [5.74, 6) is 0.986. The van der Waals surface area contributed by atoms with Crippen molar-refractivity contribution in [1.82, 2.24) is 19.8 Å². The lowest BCUT2D eigenvalue weighted by molar-refractivity contribution is 0.129. The molecule has 4 nitrogen and oxygen atoms in total. The Morgan fingerprint density at radius 3 is 2.52 bits per heavy atom. The molecule has 6 heteroatoms. The molecular weight excluding hydrogens is 396 g/mol. The molecule has 1 aliphatic carbocycles. The minimum Gasteiger partial charge on any atom is -0.301 e. The predicted molar refractivity (Wildman–Crippen MR) is 122 cm³/mol. The lowest BCUT2D eigenvalue weighted by Gasteiger charge is -2.33. The summed E-state index contributed by atoms with van der Waals surface area (Å²) in [5, 5.41) is 2.49. The summed E-state index contributed by atoms with van der Waals surface area (Å²) >= 11 is 3.72. The number of fused-ring (bicyclic) bond motifs is 3. The Kier molecular flexibility index (Phi) is 5.86. The van der Waals surface area contributed by atoms with Crippen LogP contribution < -0.4 is 0 Å². The van der Waals surface area contributed by atoms with Crippen LogP contribution in [0.25, 0.3) is 10.2 Å². The van der Waals surface area contributed by atoms with E-state index in [0.717, 1.165) is 50.1 Å². The smallest absolute Gasteiger partial charge is 0.145 e. The Morgan fingerprint density at radius 2 is 1.72 bits per heavy atom. The Bertz CT molecular complexity index is 977. The summed E-state index contributed by atoms with van der Waals surface area (Å²) < 4.78 is 0. The molecular formula is C23H28N4S2. The Labute approximate surface area is 181 Å². The molecule has 1 saturated heterocycles. The van der Waals surface area contributed by atoms with Crippen LogP contribution in [0, 0.1) is 0 Å². The number of likely N-dealkylation sites (N-methyl/N-ethyl adjacent to an activating group) is 1. The molecule has 3 heterocycles. The third-order valence-electron chi connectivity index (χ3n) is 6.06. The van der Waals surface area contributed by atoms with Gasteiger partial charge in [-0.1, -0.05) is 36.9 Å². The van der Waals surface area contributed by atoms with Crippen LogP contribution in [0.15, 0.2) is 40.3 Å². The van der Waals surface area contributed by atoms with Gasteiger partial charge in [0.2, 0.25) is 0 Å². The summed E-state index contributed by atoms with van der Waals surface area (Å²) in [6.07, 6.45) is 4.99. The van der Waals surface area contributed by atoms with Gasteiger partial charge in [-0.15, -0.1) is 11.3 Å². The van der Waals surface area contributed by atoms with Crippen LogP contribution in [0.5, 0.6) is 0 Å². The fourth-order valence-corrected chi connectivity index (χ4v) is 6.71. The van der Waals surface area contributed by atoms with E-state index in [9.17, 15) is 0 Å². The summed E-state index contributed by atoms with van der Waals surface area (Å²) in [4.78, 5) is 19.2. The van der Waals surface area contributed by atoms with Crippen LogP contribution in [-0.2, 0) is 19.4 Å². The van der Waals surface area contributed by atoms with Gasteiger partial charge in [0.05, 0.1) is 6.54 Å². The van der Waals surface area contributed by atoms with Crippen LogP contribution in [0.1, 0.15) is 36.0 Å². The fourth-order valence-electron chi connectivity index (χ4n) is 4.37. The van der Waals surface area contributed by atoms with Gasteiger partial charge in [-0.3, -0.25) is 4.90 Å². The molecule has 0 radical (unpaired) electrons. The fraction of sp³-hybridized carbons (Fsp3) is 0.478. The zero-order valence-electron chi connectivity index (χ0n) is 17.1. The van der Waals surface area contributed by atoms with Gasteiger partial charge in [-0.25, -0.2) is 9.97 Å². The molecule has 0 spiro atoms. The monoisotopic (exact) mass is 424 g/mol. The number of rotatable bonds is 5. The molecule has 1 aromatic carbocycles. The van der Waals surface area contributed by atoms with Crippen molar-refractivity contribution in [3.05, 3.63) is 46.6 Å². The predicted octanol–water partition coefficient (Wildman–Crippen LogP) is 4.86. The van der Waals surface area contributed by atoms with E-state index in [2.05, 4.69) is 47.1 Å². The van der Waals surface area contributed by atoms with Crippen LogP contribution in [0.2, 0.25) is 0 Å². The second kappa shape index (κ2) is 8.72. The summed E-state index contributed by atoms with van der Waals surface area (Å²) in [7, 11) is 0. The van der Waals surface area contributed by atoms with Gasteiger partial charge in [0.25, 0.3) is 0 Å². The SMILES string of the molecule is CCN1CCN(Cc2nc(Sc3ccccc3)c3c4c(sc3n2)CCCC4)CC1. The van der Waals surface area contributed by atoms with Crippen LogP contribution in [-0.4, -0.2) is 52.5 Å². The average molecular weight is 425 g/mol. The molecule has 0 bridgehead atoms. The van der Waals surface area contributed by atoms with Gasteiger partial charge in [0.1, 0.15) is 15.7 Å². The first-order chi connectivity index (χ1) is 14.3. The van der Waals surface area contributed by atoms with Crippen molar-refractivity contribution in [3.8, 4) is 0 Å². The number of thiophene rings is 1. The van der Waals surface area contributed by atoms with Crippen molar-refractivity contribution in [2.24, 2.45) is 0 Å². The topological polar surface area (TPSA) is 32.3 Å². The van der Waals surface area contributed by atoms with E-state index in [1.807, 2.05) is 11.3 Å². The van der Waals surface area contributed by atoms with E-state index in [1.165, 1.54) is 46.4 Å². The molecule has 0 N–H and O–H groups in total. The normalized spacial score (nSPS) is 18.2. The van der Waals surface area contributed by atoms with E-state index >= 15 is 0 Å². The highest BCUT2D eigenvalue weighted by atomic mass is 32.2. The van der Waals surface area contributed by atoms with E-state index in [0.29, 0.717) is 0 Å². The molecule has 5 rings (SSSR count). The number of piperazine rings is 1. The van der Waals surface area contributed by atoms with Crippen LogP contribution in [0.4, 0.5) is 0 Å². The van der Waals surface area contributed by atoms with Gasteiger partial charge >= 0.3 is 0 Å². The van der Waals surface area contributed by atoms with Crippen molar-refractivity contribution in [3.63, 3.8) is 0 Å². The molecule has 1 fully saturated rings. The number of aryl methyl sites for hydroxylation is 2. The maximum Gasteiger partial charge on any atom is 0.145 e. The zero-order valence-corrected chi connectivity index (χ0v) is 18.7. The molecule has 29 heavy (non-hydrogen) atoms. The summed E-state index contributed by atoms with van der Waals surface area (Å²) in [5.41, 5.74) is 1.53. The number of hydrogen-bond donors (Lipinski definition) is 0. The van der Waals surface area contributed by atoms with Gasteiger partial charge < -0.3 is 4.90 Å². The second-order valence-corrected chi connectivity index (χ2v) is 10.1. The Balaban J connectivity index is 1.48. The molecule has 0 saturated carbocycles. The number of benzene rings is 1. The Hall–Kier alpha value is -1.47. The minimum atomic E-state index is 0.860. The third kappa shape index (κ3) is 4.22. The number of hydrogen-bond acceptors (Lipinski definition) is 6. The molecule has 0 amide bonds. The maximum absolute atomic E-state index is 5.11. The van der Waals surface area contributed by atoms with Gasteiger partial charge in [-0.2, -0.15) is 0 Å². The lowest BCUT2D eigenvalue weighted by Crippen LogP contribution is -2.45. The summed E-state index contributed by atoms with van der Waals surface area (Å²) in [6, 6.07) is 10.7. The molecule has 1 aliphatic heterocycles. The van der Waals surface area contributed by atoms with Crippen LogP contribution >= 0.6 is 23.1 Å². The first-order valence-electron chi connectivity index (χ1n) is 10.8. The second-order valence-electron chi connectivity index (χ2n) is 7.96. The average Bonchev–Trinajstić information content (AvgIpc) is 3.13. The van der Waals surface area contributed by atoms with Crippen molar-refractivity contribution < 1.29 is 0 Å². The maximum atomic E-state index is 5.11. The molecule has 3 aromatic rings. The highest BCUT2D eigenvalue weighted by Gasteiger charge is 2.23. The van der Waals surface area contributed by atoms with Crippen molar-refractivity contribution in [2.75, 3.05) is 32.7 Å². The molecule has 2 aromatic heterocycles. The zero-order chi connectivity index (χ0) is 19.6. The highest BCUT2D eigenvalue weighted by Crippen LogP contribution is 2.41. The molecule has 0 atom stereocenters. The van der Waals surface area contributed by atoms with E-state index < -0.39 is 0 Å². The molecule has 152 valence electrons. The highest BCUT2D eigenvalue weighted by molar-refractivity contribution is 7.99. The van der Waals surface area contributed by atoms with Gasteiger partial charge in [0, 0.05) is 41.3 Å². The third-order valence-corrected chi connectivity index (χ3v) is 8.24. The Morgan fingerprint density at radius 1 is 0.966 bits per heavy atom. The molecule has 0 unspecified atom stereocenters. The van der Waals surface area contributed by atoms with Crippen molar-refractivity contribution >= 4 is 33.3 Å². The standard InChI is InChI=1S/C23H28N4S2/c1-2-26-12-14-27(15-13-26)16-20-24-22(28-17-8-4-3-5-9-17)21-18-10-6-7-11-19(18)29-23(21)25-20/h3-5,8-9H,2,6-7,10-16H2,1H3. The first kappa shape index (κ1) is 19.5. The quantitative estimate of drug-likeness (QED) is 0.546.